The summed E-state index contributed by atoms with van der Waals surface area (Å²) in [4.78, 5) is 11.8. The summed E-state index contributed by atoms with van der Waals surface area (Å²) in [7, 11) is 0. The Morgan fingerprint density at radius 3 is 2.65 bits per heavy atom. The minimum Gasteiger partial charge on any atom is -0.377 e. The Balaban J connectivity index is 1.98. The van der Waals surface area contributed by atoms with E-state index in [0.717, 1.165) is 19.5 Å². The van der Waals surface area contributed by atoms with Crippen molar-refractivity contribution in [1.29, 1.82) is 0 Å². The quantitative estimate of drug-likeness (QED) is 0.606. The lowest BCUT2D eigenvalue weighted by atomic mass is 9.98. The van der Waals surface area contributed by atoms with Crippen LogP contribution in [0.15, 0.2) is 0 Å². The van der Waals surface area contributed by atoms with Crippen LogP contribution in [0.25, 0.3) is 0 Å². The van der Waals surface area contributed by atoms with Crippen molar-refractivity contribution in [3.63, 3.8) is 0 Å². The Morgan fingerprint density at radius 1 is 1.20 bits per heavy atom. The number of carbonyl (C=O) groups is 1. The van der Waals surface area contributed by atoms with Crippen molar-refractivity contribution >= 4 is 5.91 Å². The van der Waals surface area contributed by atoms with Crippen molar-refractivity contribution in [3.05, 3.63) is 0 Å². The van der Waals surface area contributed by atoms with Crippen LogP contribution < -0.4 is 10.6 Å². The van der Waals surface area contributed by atoms with Gasteiger partial charge in [0.2, 0.25) is 5.91 Å². The van der Waals surface area contributed by atoms with Gasteiger partial charge in [0.05, 0.1) is 18.8 Å². The molecule has 20 heavy (non-hydrogen) atoms. The van der Waals surface area contributed by atoms with Crippen molar-refractivity contribution in [2.75, 3.05) is 19.7 Å². The number of unbranched alkanes of at least 4 members (excludes halogenated alkanes) is 2. The molecule has 118 valence electrons. The van der Waals surface area contributed by atoms with Gasteiger partial charge in [0, 0.05) is 13.1 Å². The molecule has 1 aliphatic carbocycles. The molecule has 0 radical (unpaired) electrons. The molecule has 1 atom stereocenters. The van der Waals surface area contributed by atoms with Gasteiger partial charge in [0.1, 0.15) is 0 Å². The Morgan fingerprint density at radius 2 is 1.95 bits per heavy atom. The van der Waals surface area contributed by atoms with Crippen molar-refractivity contribution in [3.8, 4) is 0 Å². The highest BCUT2D eigenvalue weighted by molar-refractivity contribution is 5.81. The van der Waals surface area contributed by atoms with E-state index in [1.54, 1.807) is 0 Å². The van der Waals surface area contributed by atoms with E-state index in [2.05, 4.69) is 17.6 Å². The number of hydrogen-bond acceptors (Lipinski definition) is 3. The molecule has 0 aromatic carbocycles. The van der Waals surface area contributed by atoms with Crippen molar-refractivity contribution in [2.45, 2.75) is 77.4 Å². The minimum atomic E-state index is -0.133. The summed E-state index contributed by atoms with van der Waals surface area (Å²) in [6.07, 6.45) is 10.2. The number of hydrogen-bond donors (Lipinski definition) is 2. The topological polar surface area (TPSA) is 50.4 Å². The van der Waals surface area contributed by atoms with Crippen molar-refractivity contribution < 1.29 is 9.53 Å². The number of nitrogens with one attached hydrogen (secondary N) is 2. The molecule has 4 heteroatoms. The fourth-order valence-corrected chi connectivity index (χ4v) is 2.57. The second kappa shape index (κ2) is 11.1. The fourth-order valence-electron chi connectivity index (χ4n) is 2.57. The van der Waals surface area contributed by atoms with E-state index < -0.39 is 0 Å². The van der Waals surface area contributed by atoms with Crippen molar-refractivity contribution in [1.82, 2.24) is 10.6 Å². The SMILES string of the molecule is CCCCCNC(=O)C(C)NCCOC1CCCCC1. The first-order valence-electron chi connectivity index (χ1n) is 8.36. The average molecular weight is 284 g/mol. The Hall–Kier alpha value is -0.610. The third kappa shape index (κ3) is 7.85. The summed E-state index contributed by atoms with van der Waals surface area (Å²) in [5.41, 5.74) is 0. The van der Waals surface area contributed by atoms with Gasteiger partial charge in [-0.3, -0.25) is 4.79 Å². The van der Waals surface area contributed by atoms with Crippen LogP contribution in [0.3, 0.4) is 0 Å². The lowest BCUT2D eigenvalue weighted by molar-refractivity contribution is -0.122. The third-order valence-electron chi connectivity index (χ3n) is 3.93. The predicted octanol–water partition coefficient (Wildman–Crippen LogP) is 2.62. The third-order valence-corrected chi connectivity index (χ3v) is 3.93. The summed E-state index contributed by atoms with van der Waals surface area (Å²) >= 11 is 0. The maximum atomic E-state index is 11.8. The molecule has 1 fully saturated rings. The van der Waals surface area contributed by atoms with E-state index >= 15 is 0 Å². The summed E-state index contributed by atoms with van der Waals surface area (Å²) in [5, 5.41) is 6.19. The standard InChI is InChI=1S/C16H32N2O2/c1-3-4-8-11-18-16(19)14(2)17-12-13-20-15-9-6-5-7-10-15/h14-15,17H,3-13H2,1-2H3,(H,18,19). The molecule has 0 spiro atoms. The van der Waals surface area contributed by atoms with Crippen molar-refractivity contribution in [2.24, 2.45) is 0 Å². The van der Waals surface area contributed by atoms with E-state index in [1.807, 2.05) is 6.92 Å². The van der Waals surface area contributed by atoms with Crippen LogP contribution in [0.4, 0.5) is 0 Å². The molecule has 0 aromatic rings. The molecule has 4 nitrogen and oxygen atoms in total. The van der Waals surface area contributed by atoms with E-state index in [0.29, 0.717) is 12.7 Å². The predicted molar refractivity (Wildman–Crippen MR) is 82.8 cm³/mol. The molecule has 0 heterocycles. The largest absolute Gasteiger partial charge is 0.377 e. The van der Waals surface area contributed by atoms with Gasteiger partial charge in [-0.1, -0.05) is 39.0 Å². The molecule has 0 aliphatic heterocycles. The van der Waals surface area contributed by atoms with Gasteiger partial charge in [0.15, 0.2) is 0 Å². The number of carbonyl (C=O) groups excluding carboxylic acids is 1. The van der Waals surface area contributed by atoms with Gasteiger partial charge in [-0.15, -0.1) is 0 Å². The zero-order chi connectivity index (χ0) is 14.6. The van der Waals surface area contributed by atoms with Gasteiger partial charge in [-0.25, -0.2) is 0 Å². The van der Waals surface area contributed by atoms with Crippen LogP contribution in [0.5, 0.6) is 0 Å². The van der Waals surface area contributed by atoms with Crippen LogP contribution in [0, 0.1) is 0 Å². The summed E-state index contributed by atoms with van der Waals surface area (Å²) in [6, 6.07) is -0.133. The molecule has 1 rings (SSSR count). The Bertz CT molecular complexity index is 253. The van der Waals surface area contributed by atoms with Crippen LogP contribution in [0.1, 0.15) is 65.2 Å². The first-order chi connectivity index (χ1) is 9.74. The monoisotopic (exact) mass is 284 g/mol. The molecule has 2 N–H and O–H groups in total. The van der Waals surface area contributed by atoms with E-state index in [9.17, 15) is 4.79 Å². The van der Waals surface area contributed by atoms with Crippen LogP contribution in [-0.4, -0.2) is 37.7 Å². The zero-order valence-corrected chi connectivity index (χ0v) is 13.2. The number of ether oxygens (including phenoxy) is 1. The maximum absolute atomic E-state index is 11.8. The summed E-state index contributed by atoms with van der Waals surface area (Å²) in [6.45, 7) is 6.32. The molecular weight excluding hydrogens is 252 g/mol. The summed E-state index contributed by atoms with van der Waals surface area (Å²) < 4.78 is 5.83. The van der Waals surface area contributed by atoms with Gasteiger partial charge in [-0.05, 0) is 26.2 Å². The molecule has 0 aromatic heterocycles. The van der Waals surface area contributed by atoms with Crippen LogP contribution >= 0.6 is 0 Å². The van der Waals surface area contributed by atoms with E-state index in [-0.39, 0.29) is 11.9 Å². The van der Waals surface area contributed by atoms with Gasteiger partial charge in [0.25, 0.3) is 0 Å². The fraction of sp³-hybridized carbons (Fsp3) is 0.938. The molecule has 1 saturated carbocycles. The highest BCUT2D eigenvalue weighted by atomic mass is 16.5. The van der Waals surface area contributed by atoms with Gasteiger partial charge in [-0.2, -0.15) is 0 Å². The molecule has 1 amide bonds. The van der Waals surface area contributed by atoms with Crippen LogP contribution in [0.2, 0.25) is 0 Å². The Labute approximate surface area is 124 Å². The number of amides is 1. The molecule has 1 aliphatic rings. The number of rotatable bonds is 10. The second-order valence-electron chi connectivity index (χ2n) is 5.80. The minimum absolute atomic E-state index is 0.0961. The summed E-state index contributed by atoms with van der Waals surface area (Å²) in [5.74, 6) is 0.0961. The smallest absolute Gasteiger partial charge is 0.236 e. The molecular formula is C16H32N2O2. The van der Waals surface area contributed by atoms with E-state index in [4.69, 9.17) is 4.74 Å². The second-order valence-corrected chi connectivity index (χ2v) is 5.80. The molecule has 0 bridgehead atoms. The van der Waals surface area contributed by atoms with Crippen LogP contribution in [-0.2, 0) is 9.53 Å². The first kappa shape index (κ1) is 17.4. The highest BCUT2D eigenvalue weighted by Crippen LogP contribution is 2.19. The maximum Gasteiger partial charge on any atom is 0.236 e. The zero-order valence-electron chi connectivity index (χ0n) is 13.2. The molecule has 1 unspecified atom stereocenters. The Kier molecular flexibility index (Phi) is 9.67. The van der Waals surface area contributed by atoms with Gasteiger partial charge >= 0.3 is 0 Å². The lowest BCUT2D eigenvalue weighted by Crippen LogP contribution is -2.43. The molecule has 0 saturated heterocycles. The average Bonchev–Trinajstić information content (AvgIpc) is 2.48. The normalized spacial score (nSPS) is 17.9. The lowest BCUT2D eigenvalue weighted by Gasteiger charge is -2.22. The highest BCUT2D eigenvalue weighted by Gasteiger charge is 2.14. The van der Waals surface area contributed by atoms with E-state index in [1.165, 1.54) is 44.9 Å². The first-order valence-corrected chi connectivity index (χ1v) is 8.36. The van der Waals surface area contributed by atoms with Gasteiger partial charge < -0.3 is 15.4 Å².